The van der Waals surface area contributed by atoms with E-state index in [-0.39, 0.29) is 0 Å². The Balaban J connectivity index is 2.11. The molecule has 0 unspecified atom stereocenters. The molecule has 1 aliphatic carbocycles. The van der Waals surface area contributed by atoms with E-state index in [1.165, 1.54) is 19.3 Å². The van der Waals surface area contributed by atoms with Crippen molar-refractivity contribution in [3.8, 4) is 0 Å². The van der Waals surface area contributed by atoms with Gasteiger partial charge in [-0.3, -0.25) is 4.99 Å². The number of nitrogens with one attached hydrogen (secondary N) is 1. The minimum Gasteiger partial charge on any atom is -0.394 e. The molecule has 158 valence electrons. The molecular formula is C19H28Br2N2O5. The second kappa shape index (κ2) is 11.7. The van der Waals surface area contributed by atoms with Gasteiger partial charge in [0.05, 0.1) is 12.3 Å². The minimum absolute atomic E-state index is 0.478. The van der Waals surface area contributed by atoms with E-state index >= 15 is 0 Å². The Kier molecular flexibility index (Phi) is 9.99. The van der Waals surface area contributed by atoms with Crippen LogP contribution in [0.15, 0.2) is 26.1 Å². The van der Waals surface area contributed by atoms with Gasteiger partial charge in [-0.05, 0) is 46.5 Å². The fourth-order valence-electron chi connectivity index (χ4n) is 3.24. The van der Waals surface area contributed by atoms with Crippen LogP contribution in [0.2, 0.25) is 0 Å². The average Bonchev–Trinajstić information content (AvgIpc) is 2.70. The molecule has 0 aliphatic heterocycles. The van der Waals surface area contributed by atoms with E-state index in [1.54, 1.807) is 0 Å². The van der Waals surface area contributed by atoms with Crippen molar-refractivity contribution in [3.63, 3.8) is 0 Å². The van der Waals surface area contributed by atoms with Gasteiger partial charge in [0.2, 0.25) is 0 Å². The smallest absolute Gasteiger partial charge is 0.118 e. The first-order valence-electron chi connectivity index (χ1n) is 9.42. The first kappa shape index (κ1) is 23.9. The van der Waals surface area contributed by atoms with E-state index in [1.807, 2.05) is 12.1 Å². The van der Waals surface area contributed by atoms with Crippen molar-refractivity contribution in [3.05, 3.63) is 26.6 Å². The van der Waals surface area contributed by atoms with Gasteiger partial charge in [-0.25, -0.2) is 0 Å². The van der Waals surface area contributed by atoms with Gasteiger partial charge in [0.15, 0.2) is 0 Å². The van der Waals surface area contributed by atoms with E-state index in [0.29, 0.717) is 18.3 Å². The third-order valence-corrected chi connectivity index (χ3v) is 5.99. The normalized spacial score (nSPS) is 20.2. The molecule has 1 aliphatic rings. The van der Waals surface area contributed by atoms with Crippen LogP contribution in [0.4, 0.5) is 5.69 Å². The van der Waals surface area contributed by atoms with Crippen LogP contribution in [-0.4, -0.2) is 68.8 Å². The second-order valence-electron chi connectivity index (χ2n) is 7.11. The summed E-state index contributed by atoms with van der Waals surface area (Å²) in [5.74, 6) is 0. The van der Waals surface area contributed by atoms with Gasteiger partial charge in [-0.15, -0.1) is 0 Å². The maximum Gasteiger partial charge on any atom is 0.118 e. The zero-order chi connectivity index (χ0) is 20.7. The number of nitrogens with zero attached hydrogens (tertiary/aromatic N) is 1. The standard InChI is InChI=1S/C19H28Br2N2O5/c20-12-6-11(8-22-13-4-2-1-3-5-13)17(14(21)7-12)23-9-15(25)18(27)19(28)16(26)10-24/h6-7,9,13,15-16,18-19,22,24-28H,1-5,8,10H2/t15-,16+,18-,19+/m1/s1. The third-order valence-electron chi connectivity index (χ3n) is 4.93. The number of aliphatic hydroxyl groups is 5. The molecule has 0 radical (unpaired) electrons. The minimum atomic E-state index is -1.69. The number of rotatable bonds is 9. The quantitative estimate of drug-likeness (QED) is 0.274. The van der Waals surface area contributed by atoms with Crippen molar-refractivity contribution < 1.29 is 25.5 Å². The van der Waals surface area contributed by atoms with E-state index in [9.17, 15) is 20.4 Å². The van der Waals surface area contributed by atoms with Gasteiger partial charge in [0.25, 0.3) is 0 Å². The second-order valence-corrected chi connectivity index (χ2v) is 8.88. The highest BCUT2D eigenvalue weighted by atomic mass is 79.9. The van der Waals surface area contributed by atoms with Gasteiger partial charge in [-0.2, -0.15) is 0 Å². The van der Waals surface area contributed by atoms with Crippen LogP contribution in [-0.2, 0) is 6.54 Å². The lowest BCUT2D eigenvalue weighted by atomic mass is 9.95. The molecule has 2 rings (SSSR count). The lowest BCUT2D eigenvalue weighted by Gasteiger charge is -2.24. The van der Waals surface area contributed by atoms with Crippen molar-refractivity contribution in [2.45, 2.75) is 69.1 Å². The molecule has 1 aromatic rings. The number of aliphatic hydroxyl groups excluding tert-OH is 5. The Labute approximate surface area is 181 Å². The zero-order valence-corrected chi connectivity index (χ0v) is 18.7. The molecule has 0 amide bonds. The highest BCUT2D eigenvalue weighted by molar-refractivity contribution is 9.11. The zero-order valence-electron chi connectivity index (χ0n) is 15.5. The van der Waals surface area contributed by atoms with Crippen LogP contribution in [0.5, 0.6) is 0 Å². The maximum atomic E-state index is 10.1. The lowest BCUT2D eigenvalue weighted by Crippen LogP contribution is -2.46. The van der Waals surface area contributed by atoms with Gasteiger partial charge >= 0.3 is 0 Å². The number of halogens is 2. The fraction of sp³-hybridized carbons (Fsp3) is 0.632. The molecule has 0 aromatic heterocycles. The van der Waals surface area contributed by atoms with E-state index < -0.39 is 31.0 Å². The molecular weight excluding hydrogens is 496 g/mol. The number of aliphatic imine (C=N–C) groups is 1. The Morgan fingerprint density at radius 3 is 2.39 bits per heavy atom. The monoisotopic (exact) mass is 522 g/mol. The van der Waals surface area contributed by atoms with Gasteiger partial charge < -0.3 is 30.8 Å². The topological polar surface area (TPSA) is 126 Å². The largest absolute Gasteiger partial charge is 0.394 e. The molecule has 1 saturated carbocycles. The van der Waals surface area contributed by atoms with Gasteiger partial charge in [0, 0.05) is 27.7 Å². The Morgan fingerprint density at radius 2 is 1.75 bits per heavy atom. The van der Waals surface area contributed by atoms with Crippen LogP contribution >= 0.6 is 31.9 Å². The van der Waals surface area contributed by atoms with E-state index in [0.717, 1.165) is 33.6 Å². The predicted molar refractivity (Wildman–Crippen MR) is 115 cm³/mol. The van der Waals surface area contributed by atoms with Crippen molar-refractivity contribution in [2.24, 2.45) is 4.99 Å². The molecule has 28 heavy (non-hydrogen) atoms. The van der Waals surface area contributed by atoms with Crippen LogP contribution in [0, 0.1) is 0 Å². The summed E-state index contributed by atoms with van der Waals surface area (Å²) in [6.07, 6.45) is 0.764. The Hall–Kier alpha value is -0.390. The molecule has 7 nitrogen and oxygen atoms in total. The highest BCUT2D eigenvalue weighted by Gasteiger charge is 2.29. The summed E-state index contributed by atoms with van der Waals surface area (Å²) in [6.45, 7) is -0.114. The van der Waals surface area contributed by atoms with Crippen molar-refractivity contribution in [1.29, 1.82) is 0 Å². The first-order chi connectivity index (χ1) is 13.3. The third kappa shape index (κ3) is 6.84. The summed E-state index contributed by atoms with van der Waals surface area (Å²) in [5, 5.41) is 51.5. The summed E-state index contributed by atoms with van der Waals surface area (Å²) >= 11 is 6.95. The SMILES string of the molecule is OC[C@H](O)[C@H](O)[C@H](O)[C@H](O)C=Nc1c(Br)cc(Br)cc1CNC1CCCCC1. The average molecular weight is 524 g/mol. The molecule has 0 saturated heterocycles. The highest BCUT2D eigenvalue weighted by Crippen LogP contribution is 2.33. The number of hydrogen-bond acceptors (Lipinski definition) is 7. The summed E-state index contributed by atoms with van der Waals surface area (Å²) in [5.41, 5.74) is 1.52. The maximum absolute atomic E-state index is 10.1. The Morgan fingerprint density at radius 1 is 1.07 bits per heavy atom. The van der Waals surface area contributed by atoms with Crippen molar-refractivity contribution in [2.75, 3.05) is 6.61 Å². The van der Waals surface area contributed by atoms with E-state index in [2.05, 4.69) is 42.2 Å². The van der Waals surface area contributed by atoms with Gasteiger partial charge in [0.1, 0.15) is 24.4 Å². The molecule has 6 N–H and O–H groups in total. The molecule has 4 atom stereocenters. The molecule has 1 aromatic carbocycles. The van der Waals surface area contributed by atoms with Gasteiger partial charge in [-0.1, -0.05) is 35.2 Å². The van der Waals surface area contributed by atoms with E-state index in [4.69, 9.17) is 5.11 Å². The lowest BCUT2D eigenvalue weighted by molar-refractivity contribution is -0.0999. The van der Waals surface area contributed by atoms with Crippen LogP contribution in [0.1, 0.15) is 37.7 Å². The summed E-state index contributed by atoms with van der Waals surface area (Å²) in [6, 6.07) is 4.26. The fourth-order valence-corrected chi connectivity index (χ4v) is 4.65. The summed E-state index contributed by atoms with van der Waals surface area (Å²) in [7, 11) is 0. The van der Waals surface area contributed by atoms with Crippen molar-refractivity contribution in [1.82, 2.24) is 5.32 Å². The predicted octanol–water partition coefficient (Wildman–Crippen LogP) is 1.77. The van der Waals surface area contributed by atoms with Crippen LogP contribution in [0.3, 0.4) is 0 Å². The molecule has 9 heteroatoms. The molecule has 0 spiro atoms. The van der Waals surface area contributed by atoms with Crippen molar-refractivity contribution >= 4 is 43.8 Å². The van der Waals surface area contributed by atoms with Crippen LogP contribution in [0.25, 0.3) is 0 Å². The van der Waals surface area contributed by atoms with Crippen LogP contribution < -0.4 is 5.32 Å². The summed E-state index contributed by atoms with van der Waals surface area (Å²) in [4.78, 5) is 4.30. The first-order valence-corrected chi connectivity index (χ1v) is 11.0. The Bertz CT molecular complexity index is 655. The summed E-state index contributed by atoms with van der Waals surface area (Å²) < 4.78 is 1.61. The molecule has 1 fully saturated rings. The molecule has 0 bridgehead atoms. The molecule has 0 heterocycles. The number of hydrogen-bond donors (Lipinski definition) is 6. The number of benzene rings is 1.